The first-order valence-electron chi connectivity index (χ1n) is 12.4. The summed E-state index contributed by atoms with van der Waals surface area (Å²) in [5.41, 5.74) is 6.89. The lowest BCUT2D eigenvalue weighted by Gasteiger charge is -2.37. The number of hydrogen-bond acceptors (Lipinski definition) is 10. The van der Waals surface area contributed by atoms with Crippen LogP contribution in [0.3, 0.4) is 0 Å². The topological polar surface area (TPSA) is 153 Å². The lowest BCUT2D eigenvalue weighted by Crippen LogP contribution is -2.48. The number of nitrogens with two attached hydrogens (primary N) is 1. The molecule has 37 heavy (non-hydrogen) atoms. The molecular formula is C24H36N6O6Si. The number of nitrogens with one attached hydrogen (secondary N) is 1. The highest BCUT2D eigenvalue weighted by atomic mass is 28.4. The largest absolute Gasteiger partial charge is 0.490 e. The third kappa shape index (κ3) is 5.63. The van der Waals surface area contributed by atoms with Crippen molar-refractivity contribution in [3.63, 3.8) is 0 Å². The molecule has 2 aliphatic rings. The van der Waals surface area contributed by atoms with Gasteiger partial charge in [-0.15, -0.1) is 0 Å². The van der Waals surface area contributed by atoms with Gasteiger partial charge in [-0.2, -0.15) is 0 Å². The zero-order valence-electron chi connectivity index (χ0n) is 22.1. The van der Waals surface area contributed by atoms with Crippen molar-refractivity contribution in [1.29, 1.82) is 0 Å². The number of rotatable bonds is 4. The van der Waals surface area contributed by atoms with Gasteiger partial charge in [-0.1, -0.05) is 20.8 Å². The van der Waals surface area contributed by atoms with Crippen LogP contribution in [0.15, 0.2) is 25.0 Å². The zero-order valence-corrected chi connectivity index (χ0v) is 23.1. The van der Waals surface area contributed by atoms with Crippen LogP contribution in [0, 0.1) is 0 Å². The monoisotopic (exact) mass is 532 g/mol. The van der Waals surface area contributed by atoms with Gasteiger partial charge >= 0.3 is 5.97 Å². The van der Waals surface area contributed by atoms with Gasteiger partial charge in [-0.05, 0) is 37.6 Å². The number of hydrogen-bond donors (Lipinski definition) is 2. The molecule has 0 spiro atoms. The molecule has 1 fully saturated rings. The maximum absolute atomic E-state index is 13.0. The van der Waals surface area contributed by atoms with E-state index in [4.69, 9.17) is 24.4 Å². The first-order valence-corrected chi connectivity index (χ1v) is 15.3. The van der Waals surface area contributed by atoms with E-state index < -0.39 is 44.9 Å². The van der Waals surface area contributed by atoms with E-state index in [1.807, 2.05) is 0 Å². The number of esters is 1. The van der Waals surface area contributed by atoms with Gasteiger partial charge in [0.15, 0.2) is 38.2 Å². The zero-order chi connectivity index (χ0) is 27.0. The highest BCUT2D eigenvalue weighted by molar-refractivity contribution is 6.74. The third-order valence-electron chi connectivity index (χ3n) is 7.21. The Kier molecular flexibility index (Phi) is 7.58. The Hall–Kier alpha value is -3.03. The van der Waals surface area contributed by atoms with Crippen LogP contribution in [0.1, 0.15) is 46.8 Å². The van der Waals surface area contributed by atoms with Crippen LogP contribution in [0.2, 0.25) is 18.1 Å². The Balaban J connectivity index is 1.71. The summed E-state index contributed by atoms with van der Waals surface area (Å²) >= 11 is 0. The molecule has 0 saturated carbocycles. The van der Waals surface area contributed by atoms with Crippen LogP contribution in [-0.2, 0) is 28.2 Å². The number of ether oxygens (including phenoxy) is 3. The Morgan fingerprint density at radius 1 is 1.22 bits per heavy atom. The minimum atomic E-state index is -2.15. The average molecular weight is 533 g/mol. The van der Waals surface area contributed by atoms with Gasteiger partial charge in [0.1, 0.15) is 24.0 Å². The molecule has 0 bridgehead atoms. The molecule has 0 aliphatic carbocycles. The minimum Gasteiger partial charge on any atom is -0.490 e. The predicted octanol–water partition coefficient (Wildman–Crippen LogP) is 2.44. The molecule has 2 aromatic heterocycles. The normalized spacial score (nSPS) is 28.4. The predicted molar refractivity (Wildman–Crippen MR) is 138 cm³/mol. The first-order chi connectivity index (χ1) is 17.4. The van der Waals surface area contributed by atoms with Gasteiger partial charge in [-0.25, -0.2) is 19.7 Å². The fraction of sp³-hybridized carbons (Fsp3) is 0.625. The summed E-state index contributed by atoms with van der Waals surface area (Å²) in [6.07, 6.45) is 3.88. The highest BCUT2D eigenvalue weighted by Crippen LogP contribution is 2.40. The summed E-state index contributed by atoms with van der Waals surface area (Å²) < 4.78 is 26.7. The molecule has 1 saturated heterocycles. The van der Waals surface area contributed by atoms with E-state index in [1.54, 1.807) is 23.9 Å². The average Bonchev–Trinajstić information content (AvgIpc) is 3.38. The van der Waals surface area contributed by atoms with E-state index in [1.165, 1.54) is 12.6 Å². The molecule has 0 radical (unpaired) electrons. The van der Waals surface area contributed by atoms with Crippen molar-refractivity contribution in [1.82, 2.24) is 24.8 Å². The molecule has 2 aliphatic heterocycles. The van der Waals surface area contributed by atoms with E-state index >= 15 is 0 Å². The number of aromatic nitrogens is 4. The van der Waals surface area contributed by atoms with E-state index in [9.17, 15) is 9.59 Å². The quantitative estimate of drug-likeness (QED) is 0.443. The maximum atomic E-state index is 13.0. The fourth-order valence-corrected chi connectivity index (χ4v) is 4.97. The number of nitrogens with zero attached hydrogens (tertiary/aromatic N) is 4. The van der Waals surface area contributed by atoms with E-state index in [0.29, 0.717) is 17.6 Å². The van der Waals surface area contributed by atoms with E-state index in [-0.39, 0.29) is 29.8 Å². The Labute approximate surface area is 217 Å². The number of amides is 1. The highest BCUT2D eigenvalue weighted by Gasteiger charge is 2.51. The van der Waals surface area contributed by atoms with Gasteiger partial charge in [0.05, 0.1) is 19.2 Å². The number of carbonyl (C=O) groups is 2. The van der Waals surface area contributed by atoms with Crippen LogP contribution < -0.4 is 11.1 Å². The Morgan fingerprint density at radius 3 is 2.70 bits per heavy atom. The summed E-state index contributed by atoms with van der Waals surface area (Å²) in [5, 5.41) is 2.66. The number of nitrogen functional groups attached to an aromatic ring is 1. The third-order valence-corrected chi connectivity index (χ3v) is 11.7. The molecule has 0 unspecified atom stereocenters. The second kappa shape index (κ2) is 10.4. The van der Waals surface area contributed by atoms with Crippen LogP contribution in [0.25, 0.3) is 11.2 Å². The van der Waals surface area contributed by atoms with Crippen molar-refractivity contribution < 1.29 is 28.2 Å². The van der Waals surface area contributed by atoms with Gasteiger partial charge in [0.25, 0.3) is 0 Å². The van der Waals surface area contributed by atoms with Crippen molar-refractivity contribution in [3.05, 3.63) is 25.0 Å². The summed E-state index contributed by atoms with van der Waals surface area (Å²) in [6, 6.07) is -0.834. The van der Waals surface area contributed by atoms with E-state index in [0.717, 1.165) is 0 Å². The number of carbonyl (C=O) groups excluding carboxylic acids is 2. The van der Waals surface area contributed by atoms with E-state index in [2.05, 4.69) is 54.1 Å². The lowest BCUT2D eigenvalue weighted by atomic mass is 10.1. The van der Waals surface area contributed by atoms with Crippen LogP contribution in [0.4, 0.5) is 5.82 Å². The van der Waals surface area contributed by atoms with Crippen molar-refractivity contribution in [2.24, 2.45) is 0 Å². The fourth-order valence-electron chi connectivity index (χ4n) is 3.95. The standard InChI is InChI=1S/C24H36N6O6Si/c1-14-23(32)36-18-15(11-34-37(5,6)24(2,3)4)35-22(19(18)33-10-8-7-9-16(31)29-14)30-13-28-17-20(25)26-12-27-21(17)30/h8,10,12-15,18-19,22H,7,9,11H2,1-6H3,(H,29,31)(H2,25,26,27)/b10-8+/t14-,15+,18+,19+,22+/m0/s1. The van der Waals surface area contributed by atoms with Gasteiger partial charge < -0.3 is 29.7 Å². The molecule has 5 atom stereocenters. The maximum Gasteiger partial charge on any atom is 0.328 e. The van der Waals surface area contributed by atoms with Gasteiger partial charge in [0, 0.05) is 6.42 Å². The molecule has 12 nitrogen and oxygen atoms in total. The van der Waals surface area contributed by atoms with Crippen LogP contribution in [0.5, 0.6) is 0 Å². The number of anilines is 1. The number of imidazole rings is 1. The summed E-state index contributed by atoms with van der Waals surface area (Å²) in [5.74, 6) is -0.585. The summed E-state index contributed by atoms with van der Waals surface area (Å²) in [7, 11) is -2.15. The second-order valence-corrected chi connectivity index (χ2v) is 15.7. The van der Waals surface area contributed by atoms with Crippen LogP contribution >= 0.6 is 0 Å². The second-order valence-electron chi connectivity index (χ2n) is 10.9. The Morgan fingerprint density at radius 2 is 1.97 bits per heavy atom. The van der Waals surface area contributed by atoms with Crippen molar-refractivity contribution >= 4 is 37.2 Å². The molecule has 202 valence electrons. The molecule has 3 N–H and O–H groups in total. The molecule has 13 heteroatoms. The molecule has 2 aromatic rings. The number of fused-ring (bicyclic) bond motifs is 2. The molecule has 4 heterocycles. The van der Waals surface area contributed by atoms with Crippen molar-refractivity contribution in [2.75, 3.05) is 12.3 Å². The van der Waals surface area contributed by atoms with Gasteiger partial charge in [-0.3, -0.25) is 9.36 Å². The first kappa shape index (κ1) is 27.0. The lowest BCUT2D eigenvalue weighted by molar-refractivity contribution is -0.159. The smallest absolute Gasteiger partial charge is 0.328 e. The molecule has 1 amide bonds. The molecule has 4 rings (SSSR count). The molecule has 0 aromatic carbocycles. The number of allylic oxidation sites excluding steroid dienone is 1. The van der Waals surface area contributed by atoms with Crippen molar-refractivity contribution in [2.45, 2.75) is 89.3 Å². The van der Waals surface area contributed by atoms with Gasteiger partial charge in [0.2, 0.25) is 5.91 Å². The Bertz CT molecular complexity index is 1180. The SMILES string of the molecule is C[C@@H]1NC(=O)CC/C=C/O[C@@H]2[C@H](OC1=O)[C@@H](CO[Si](C)(C)C(C)(C)C)O[C@H]2n1cnc2c(N)ncnc21. The molecular weight excluding hydrogens is 496 g/mol. The minimum absolute atomic E-state index is 0.0272. The summed E-state index contributed by atoms with van der Waals surface area (Å²) in [4.78, 5) is 37.9. The van der Waals surface area contributed by atoms with Crippen molar-refractivity contribution in [3.8, 4) is 0 Å². The van der Waals surface area contributed by atoms with Crippen LogP contribution in [-0.4, -0.2) is 70.7 Å². The summed E-state index contributed by atoms with van der Waals surface area (Å²) in [6.45, 7) is 12.5.